The number of likely N-dealkylation sites (tertiary alicyclic amines) is 1. The minimum Gasteiger partial charge on any atom is -0.480 e. The number of carbonyl (C=O) groups is 2. The molecular formula is C31H38ClF2N3O4. The van der Waals surface area contributed by atoms with Crippen molar-refractivity contribution in [1.29, 1.82) is 0 Å². The Morgan fingerprint density at radius 3 is 2.34 bits per heavy atom. The molecule has 41 heavy (non-hydrogen) atoms. The highest BCUT2D eigenvalue weighted by Gasteiger charge is 2.44. The fourth-order valence-electron chi connectivity index (χ4n) is 6.62. The molecule has 0 aliphatic carbocycles. The van der Waals surface area contributed by atoms with Crippen LogP contribution in [0.2, 0.25) is 5.02 Å². The summed E-state index contributed by atoms with van der Waals surface area (Å²) in [5.41, 5.74) is 2.62. The van der Waals surface area contributed by atoms with Crippen molar-refractivity contribution in [2.24, 2.45) is 5.92 Å². The van der Waals surface area contributed by atoms with Gasteiger partial charge in [0, 0.05) is 75.9 Å². The van der Waals surface area contributed by atoms with Crippen LogP contribution >= 0.6 is 11.6 Å². The Hall–Kier alpha value is -2.59. The fraction of sp³-hybridized carbons (Fsp3) is 0.548. The molecule has 3 saturated heterocycles. The van der Waals surface area contributed by atoms with E-state index in [0.717, 1.165) is 24.0 Å². The number of amides is 1. The molecule has 3 aliphatic heterocycles. The summed E-state index contributed by atoms with van der Waals surface area (Å²) in [7, 11) is 0. The third-order valence-corrected chi connectivity index (χ3v) is 9.40. The van der Waals surface area contributed by atoms with Gasteiger partial charge in [-0.25, -0.2) is 8.78 Å². The molecule has 1 amide bonds. The Bertz CT molecular complexity index is 1280. The fourth-order valence-corrected chi connectivity index (χ4v) is 6.78. The lowest BCUT2D eigenvalue weighted by atomic mass is 9.87. The maximum atomic E-state index is 15.1. The predicted octanol–water partition coefficient (Wildman–Crippen LogP) is 4.27. The summed E-state index contributed by atoms with van der Waals surface area (Å²) in [6.45, 7) is 7.65. The number of hydrogen-bond acceptors (Lipinski definition) is 5. The van der Waals surface area contributed by atoms with Crippen LogP contribution in [-0.2, 0) is 20.7 Å². The van der Waals surface area contributed by atoms with Crippen molar-refractivity contribution in [2.75, 3.05) is 52.5 Å². The van der Waals surface area contributed by atoms with Crippen LogP contribution in [-0.4, -0.2) is 96.2 Å². The molecule has 0 saturated carbocycles. The molecule has 1 N–H and O–H groups in total. The first-order chi connectivity index (χ1) is 19.6. The van der Waals surface area contributed by atoms with Crippen LogP contribution in [0.25, 0.3) is 0 Å². The molecular weight excluding hydrogens is 552 g/mol. The van der Waals surface area contributed by atoms with Crippen molar-refractivity contribution in [1.82, 2.24) is 14.7 Å². The first kappa shape index (κ1) is 29.9. The third-order valence-electron chi connectivity index (χ3n) is 9.16. The van der Waals surface area contributed by atoms with E-state index in [0.29, 0.717) is 74.7 Å². The number of halogens is 3. The van der Waals surface area contributed by atoms with Gasteiger partial charge >= 0.3 is 5.97 Å². The molecule has 2 aromatic rings. The maximum Gasteiger partial charge on any atom is 0.321 e. The van der Waals surface area contributed by atoms with E-state index in [1.54, 1.807) is 23.1 Å². The van der Waals surface area contributed by atoms with Crippen LogP contribution in [0.4, 0.5) is 8.78 Å². The first-order valence-electron chi connectivity index (χ1n) is 14.4. The summed E-state index contributed by atoms with van der Waals surface area (Å²) >= 11 is 6.02. The second-order valence-corrected chi connectivity index (χ2v) is 12.1. The molecule has 3 aliphatic rings. The van der Waals surface area contributed by atoms with Gasteiger partial charge in [-0.1, -0.05) is 23.7 Å². The van der Waals surface area contributed by atoms with Crippen LogP contribution in [0.3, 0.4) is 0 Å². The second kappa shape index (κ2) is 12.7. The van der Waals surface area contributed by atoms with E-state index in [1.807, 2.05) is 18.7 Å². The summed E-state index contributed by atoms with van der Waals surface area (Å²) in [6.07, 6.45) is 1.82. The van der Waals surface area contributed by atoms with Crippen molar-refractivity contribution >= 4 is 23.5 Å². The van der Waals surface area contributed by atoms with Crippen molar-refractivity contribution < 1.29 is 28.2 Å². The highest BCUT2D eigenvalue weighted by molar-refractivity contribution is 6.30. The first-order valence-corrected chi connectivity index (χ1v) is 14.8. The van der Waals surface area contributed by atoms with Crippen LogP contribution in [0, 0.1) is 31.4 Å². The lowest BCUT2D eigenvalue weighted by Gasteiger charge is -2.39. The SMILES string of the molecule is Cc1cc(F)c(C[C@@H](C(=O)O)N2CCN(C(=O)[C@@H]3CN(C4CCOCC4)C[C@H]3c3ccc(Cl)cc3F)CC2)cc1C. The molecule has 7 nitrogen and oxygen atoms in total. The van der Waals surface area contributed by atoms with E-state index >= 15 is 4.39 Å². The molecule has 0 aromatic heterocycles. The Labute approximate surface area is 245 Å². The van der Waals surface area contributed by atoms with E-state index in [1.165, 1.54) is 12.1 Å². The number of hydrogen-bond donors (Lipinski definition) is 1. The minimum absolute atomic E-state index is 0.0364. The highest BCUT2D eigenvalue weighted by Crippen LogP contribution is 2.38. The smallest absolute Gasteiger partial charge is 0.321 e. The molecule has 0 radical (unpaired) electrons. The molecule has 0 bridgehead atoms. The number of carbonyl (C=O) groups excluding carboxylic acids is 1. The zero-order valence-electron chi connectivity index (χ0n) is 23.6. The number of carboxylic acid groups (broad SMARTS) is 1. The molecule has 0 unspecified atom stereocenters. The quantitative estimate of drug-likeness (QED) is 0.520. The van der Waals surface area contributed by atoms with Gasteiger partial charge in [-0.2, -0.15) is 0 Å². The molecule has 0 spiro atoms. The number of rotatable bonds is 7. The van der Waals surface area contributed by atoms with E-state index < -0.39 is 29.6 Å². The largest absolute Gasteiger partial charge is 0.480 e. The van der Waals surface area contributed by atoms with Gasteiger partial charge in [0.05, 0.1) is 5.92 Å². The normalized spacial score (nSPS) is 23.6. The third kappa shape index (κ3) is 6.58. The van der Waals surface area contributed by atoms with Gasteiger partial charge in [0.2, 0.25) is 5.91 Å². The molecule has 3 atom stereocenters. The Kier molecular flexibility index (Phi) is 9.28. The van der Waals surface area contributed by atoms with E-state index in [-0.39, 0.29) is 18.2 Å². The summed E-state index contributed by atoms with van der Waals surface area (Å²) in [5.74, 6) is -2.57. The number of nitrogens with zero attached hydrogens (tertiary/aromatic N) is 3. The van der Waals surface area contributed by atoms with Gasteiger partial charge in [0.1, 0.15) is 17.7 Å². The van der Waals surface area contributed by atoms with Gasteiger partial charge in [0.15, 0.2) is 0 Å². The van der Waals surface area contributed by atoms with E-state index in [2.05, 4.69) is 4.90 Å². The van der Waals surface area contributed by atoms with Gasteiger partial charge in [-0.05, 0) is 67.1 Å². The minimum atomic E-state index is -1.01. The van der Waals surface area contributed by atoms with Crippen molar-refractivity contribution in [3.63, 3.8) is 0 Å². The van der Waals surface area contributed by atoms with Crippen molar-refractivity contribution in [3.05, 3.63) is 69.2 Å². The highest BCUT2D eigenvalue weighted by atomic mass is 35.5. The number of aryl methyl sites for hydroxylation is 2. The molecule has 10 heteroatoms. The molecule has 222 valence electrons. The average molecular weight is 590 g/mol. The monoisotopic (exact) mass is 589 g/mol. The van der Waals surface area contributed by atoms with Gasteiger partial charge < -0.3 is 14.7 Å². The zero-order chi connectivity index (χ0) is 29.3. The van der Waals surface area contributed by atoms with Crippen molar-refractivity contribution in [3.8, 4) is 0 Å². The summed E-state index contributed by atoms with van der Waals surface area (Å²) in [5, 5.41) is 10.3. The Morgan fingerprint density at radius 2 is 1.68 bits per heavy atom. The van der Waals surface area contributed by atoms with Gasteiger partial charge in [-0.15, -0.1) is 0 Å². The van der Waals surface area contributed by atoms with E-state index in [9.17, 15) is 19.1 Å². The zero-order valence-corrected chi connectivity index (χ0v) is 24.4. The molecule has 5 rings (SSSR count). The number of benzene rings is 2. The lowest BCUT2D eigenvalue weighted by Crippen LogP contribution is -2.56. The number of ether oxygens (including phenoxy) is 1. The Morgan fingerprint density at radius 1 is 1.00 bits per heavy atom. The molecule has 3 heterocycles. The number of piperazine rings is 1. The van der Waals surface area contributed by atoms with Gasteiger partial charge in [0.25, 0.3) is 0 Å². The molecule has 2 aromatic carbocycles. The summed E-state index contributed by atoms with van der Waals surface area (Å²) in [4.78, 5) is 32.1. The average Bonchev–Trinajstić information content (AvgIpc) is 3.39. The Balaban J connectivity index is 1.29. The second-order valence-electron chi connectivity index (χ2n) is 11.6. The maximum absolute atomic E-state index is 15.1. The van der Waals surface area contributed by atoms with Crippen LogP contribution in [0.15, 0.2) is 30.3 Å². The van der Waals surface area contributed by atoms with Gasteiger partial charge in [-0.3, -0.25) is 19.4 Å². The molecule has 3 fully saturated rings. The number of aliphatic carboxylic acids is 1. The number of carboxylic acids is 1. The van der Waals surface area contributed by atoms with Crippen LogP contribution in [0.1, 0.15) is 41.0 Å². The van der Waals surface area contributed by atoms with Crippen LogP contribution < -0.4 is 0 Å². The predicted molar refractivity (Wildman–Crippen MR) is 152 cm³/mol. The van der Waals surface area contributed by atoms with Crippen LogP contribution in [0.5, 0.6) is 0 Å². The lowest BCUT2D eigenvalue weighted by molar-refractivity contribution is -0.145. The standard InChI is InChI=1S/C31H38ClF2N3O4/c1-19-13-21(27(33)14-20(19)2)15-29(31(39)40)35-7-9-36(10-8-35)30(38)26-18-37(23-5-11-41-12-6-23)17-25(26)24-4-3-22(32)16-28(24)34/h3-4,13-14,16,23,25-26,29H,5-12,15,17-18H2,1-2H3,(H,39,40)/t25-,26+,29-/m0/s1. The van der Waals surface area contributed by atoms with E-state index in [4.69, 9.17) is 16.3 Å². The summed E-state index contributed by atoms with van der Waals surface area (Å²) in [6, 6.07) is 7.23. The topological polar surface area (TPSA) is 73.3 Å². The summed E-state index contributed by atoms with van der Waals surface area (Å²) < 4.78 is 35.3. The van der Waals surface area contributed by atoms with Crippen molar-refractivity contribution in [2.45, 2.75) is 51.1 Å².